The van der Waals surface area contributed by atoms with Crippen LogP contribution in [0.15, 0.2) is 108 Å². The number of nitrogens with one attached hydrogen (secondary N) is 1. The first-order valence-corrected chi connectivity index (χ1v) is 16.5. The van der Waals surface area contributed by atoms with E-state index in [4.69, 9.17) is 15.9 Å². The molecule has 0 radical (unpaired) electrons. The number of nitrogens with zero attached hydrogens (tertiary/aromatic N) is 5. The molecule has 12 heteroatoms. The molecular weight excluding hydrogens is 614 g/mol. The second-order valence-corrected chi connectivity index (χ2v) is 13.3. The number of hydrogen-bond donors (Lipinski definition) is 3. The van der Waals surface area contributed by atoms with Crippen LogP contribution in [-0.4, -0.2) is 63.9 Å². The number of aryl methyl sites for hydroxylation is 1. The van der Waals surface area contributed by atoms with Gasteiger partial charge < -0.3 is 21.1 Å². The molecule has 0 bridgehead atoms. The highest BCUT2D eigenvalue weighted by atomic mass is 32.2. The second-order valence-electron chi connectivity index (χ2n) is 11.5. The van der Waals surface area contributed by atoms with Crippen molar-refractivity contribution in [1.29, 1.82) is 0 Å². The van der Waals surface area contributed by atoms with Crippen molar-refractivity contribution in [3.05, 3.63) is 109 Å². The van der Waals surface area contributed by atoms with Gasteiger partial charge in [-0.2, -0.15) is 5.10 Å². The Balaban J connectivity index is 1.55. The number of carboxylic acid groups (broad SMARTS) is 1. The minimum absolute atomic E-state index is 0.153. The Morgan fingerprint density at radius 3 is 2.32 bits per heavy atom. The van der Waals surface area contributed by atoms with Crippen molar-refractivity contribution in [1.82, 2.24) is 29.0 Å². The van der Waals surface area contributed by atoms with E-state index in [0.717, 1.165) is 34.4 Å². The molecule has 1 amide bonds. The summed E-state index contributed by atoms with van der Waals surface area (Å²) in [5, 5.41) is 16.9. The summed E-state index contributed by atoms with van der Waals surface area (Å²) < 4.78 is 31.7. The molecule has 6 rings (SSSR count). The fraction of sp³-hybridized carbons (Fsp3) is 0.171. The first-order valence-electron chi connectivity index (χ1n) is 15.1. The first kappa shape index (κ1) is 31.5. The topological polar surface area (TPSA) is 148 Å². The summed E-state index contributed by atoms with van der Waals surface area (Å²) in [5.41, 5.74) is 12.2. The van der Waals surface area contributed by atoms with Gasteiger partial charge in [0, 0.05) is 54.2 Å². The Kier molecular flexibility index (Phi) is 8.79. The monoisotopic (exact) mass is 649 g/mol. The number of anilines is 1. The van der Waals surface area contributed by atoms with Crippen LogP contribution in [0.4, 0.5) is 10.5 Å². The molecule has 0 aliphatic rings. The minimum Gasteiger partial charge on any atom is -0.465 e. The number of fused-ring (bicyclic) bond motifs is 1. The summed E-state index contributed by atoms with van der Waals surface area (Å²) in [7, 11) is -0.0583. The Morgan fingerprint density at radius 1 is 0.936 bits per heavy atom. The Hall–Kier alpha value is -5.46. The van der Waals surface area contributed by atoms with E-state index in [1.54, 1.807) is 53.3 Å². The lowest BCUT2D eigenvalue weighted by Gasteiger charge is -2.13. The second kappa shape index (κ2) is 13.1. The lowest BCUT2D eigenvalue weighted by atomic mass is 10.00. The molecule has 47 heavy (non-hydrogen) atoms. The molecule has 0 aliphatic heterocycles. The molecule has 0 atom stereocenters. The van der Waals surface area contributed by atoms with Gasteiger partial charge in [0.15, 0.2) is 5.65 Å². The van der Waals surface area contributed by atoms with Crippen molar-refractivity contribution >= 4 is 32.8 Å². The standard InChI is InChI=1S/C35H35N7O4S/c1-40(2)22-24-9-11-25(12-10-24)32-21-30-29(17-19-37-34(30)42(32)47(45,46)28-7-4-3-5-8-28)31-23-41(20-6-18-38-35(43)44)39-33(31)26-13-15-27(36)16-14-26/h3-5,7-17,19,21,23,38H,6,18,20,22,36H2,1-2H3,(H,43,44). The van der Waals surface area contributed by atoms with Crippen LogP contribution >= 0.6 is 0 Å². The van der Waals surface area contributed by atoms with Crippen molar-refractivity contribution in [3.8, 4) is 33.6 Å². The predicted octanol–water partition coefficient (Wildman–Crippen LogP) is 5.77. The van der Waals surface area contributed by atoms with Crippen LogP contribution in [0.1, 0.15) is 12.0 Å². The van der Waals surface area contributed by atoms with Gasteiger partial charge in [0.2, 0.25) is 0 Å². The van der Waals surface area contributed by atoms with Crippen LogP contribution in [-0.2, 0) is 23.1 Å². The van der Waals surface area contributed by atoms with E-state index in [-0.39, 0.29) is 11.4 Å². The Labute approximate surface area is 273 Å². The van der Waals surface area contributed by atoms with E-state index < -0.39 is 16.1 Å². The number of hydrogen-bond acceptors (Lipinski definition) is 7. The normalized spacial score (nSPS) is 11.7. The van der Waals surface area contributed by atoms with Gasteiger partial charge >= 0.3 is 6.09 Å². The molecular formula is C35H35N7O4S. The van der Waals surface area contributed by atoms with Crippen molar-refractivity contribution in [3.63, 3.8) is 0 Å². The summed E-state index contributed by atoms with van der Waals surface area (Å²) in [5.74, 6) is 0. The highest BCUT2D eigenvalue weighted by Crippen LogP contribution is 2.39. The molecule has 3 heterocycles. The average Bonchev–Trinajstić information content (AvgIpc) is 3.66. The van der Waals surface area contributed by atoms with Gasteiger partial charge in [0.05, 0.1) is 10.6 Å². The summed E-state index contributed by atoms with van der Waals surface area (Å²) in [6.45, 7) is 1.49. The average molecular weight is 650 g/mol. The number of carbonyl (C=O) groups is 1. The molecule has 11 nitrogen and oxygen atoms in total. The number of rotatable bonds is 11. The Bertz CT molecular complexity index is 2140. The predicted molar refractivity (Wildman–Crippen MR) is 183 cm³/mol. The SMILES string of the molecule is CN(C)Cc1ccc(-c2cc3c(-c4cn(CCCNC(=O)O)nc4-c4ccc(N)cc4)ccnc3n2S(=O)(=O)c2ccccc2)cc1. The van der Waals surface area contributed by atoms with Crippen LogP contribution < -0.4 is 11.1 Å². The number of amides is 1. The highest BCUT2D eigenvalue weighted by molar-refractivity contribution is 7.90. The summed E-state index contributed by atoms with van der Waals surface area (Å²) in [6, 6.07) is 27.3. The lowest BCUT2D eigenvalue weighted by molar-refractivity contribution is 0.194. The zero-order chi connectivity index (χ0) is 33.1. The van der Waals surface area contributed by atoms with Crippen LogP contribution in [0.25, 0.3) is 44.7 Å². The minimum atomic E-state index is -4.06. The van der Waals surface area contributed by atoms with Crippen LogP contribution in [0.3, 0.4) is 0 Å². The third-order valence-electron chi connectivity index (χ3n) is 7.77. The van der Waals surface area contributed by atoms with E-state index in [2.05, 4.69) is 15.2 Å². The number of pyridine rings is 1. The third kappa shape index (κ3) is 6.60. The van der Waals surface area contributed by atoms with Gasteiger partial charge in [-0.15, -0.1) is 0 Å². The number of nitrogens with two attached hydrogens (primary N) is 1. The highest BCUT2D eigenvalue weighted by Gasteiger charge is 2.27. The van der Waals surface area contributed by atoms with Gasteiger partial charge in [0.1, 0.15) is 5.69 Å². The largest absolute Gasteiger partial charge is 0.465 e. The smallest absolute Gasteiger partial charge is 0.404 e. The summed E-state index contributed by atoms with van der Waals surface area (Å²) in [4.78, 5) is 17.8. The van der Waals surface area contributed by atoms with Gasteiger partial charge in [0.25, 0.3) is 10.0 Å². The van der Waals surface area contributed by atoms with Crippen molar-refractivity contribution < 1.29 is 18.3 Å². The molecule has 0 fully saturated rings. The molecule has 3 aromatic heterocycles. The molecule has 240 valence electrons. The summed E-state index contributed by atoms with van der Waals surface area (Å²) >= 11 is 0. The Morgan fingerprint density at radius 2 is 1.64 bits per heavy atom. The molecule has 0 saturated heterocycles. The molecule has 3 aromatic carbocycles. The third-order valence-corrected chi connectivity index (χ3v) is 9.49. The molecule has 6 aromatic rings. The summed E-state index contributed by atoms with van der Waals surface area (Å²) in [6.07, 6.45) is 2.96. The van der Waals surface area contributed by atoms with Gasteiger partial charge in [-0.25, -0.2) is 22.2 Å². The quantitative estimate of drug-likeness (QED) is 0.118. The van der Waals surface area contributed by atoms with Crippen molar-refractivity contribution in [2.45, 2.75) is 24.4 Å². The van der Waals surface area contributed by atoms with Crippen LogP contribution in [0.5, 0.6) is 0 Å². The maximum absolute atomic E-state index is 14.3. The van der Waals surface area contributed by atoms with E-state index >= 15 is 0 Å². The van der Waals surface area contributed by atoms with Crippen LogP contribution in [0, 0.1) is 0 Å². The van der Waals surface area contributed by atoms with Gasteiger partial charge in [-0.3, -0.25) is 4.68 Å². The molecule has 4 N–H and O–H groups in total. The first-order chi connectivity index (χ1) is 22.6. The molecule has 0 spiro atoms. The van der Waals surface area contributed by atoms with Crippen LogP contribution in [0.2, 0.25) is 0 Å². The molecule has 0 unspecified atom stereocenters. The van der Waals surface area contributed by atoms with Gasteiger partial charge in [-0.05, 0) is 73.6 Å². The fourth-order valence-electron chi connectivity index (χ4n) is 5.62. The number of nitrogen functional groups attached to an aromatic ring is 1. The van der Waals surface area contributed by atoms with Gasteiger partial charge in [-0.1, -0.05) is 54.6 Å². The van der Waals surface area contributed by atoms with Crippen molar-refractivity contribution in [2.24, 2.45) is 0 Å². The van der Waals surface area contributed by atoms with E-state index in [1.165, 1.54) is 3.97 Å². The molecule has 0 aliphatic carbocycles. The zero-order valence-electron chi connectivity index (χ0n) is 26.0. The number of benzene rings is 3. The molecule has 0 saturated carbocycles. The fourth-order valence-corrected chi connectivity index (χ4v) is 7.12. The maximum atomic E-state index is 14.3. The van der Waals surface area contributed by atoms with Crippen molar-refractivity contribution in [2.75, 3.05) is 26.4 Å². The number of aromatic nitrogens is 4. The lowest BCUT2D eigenvalue weighted by Crippen LogP contribution is -2.22. The van der Waals surface area contributed by atoms with E-state index in [0.29, 0.717) is 41.1 Å². The van der Waals surface area contributed by atoms with E-state index in [9.17, 15) is 13.2 Å². The zero-order valence-corrected chi connectivity index (χ0v) is 26.9. The van der Waals surface area contributed by atoms with E-state index in [1.807, 2.05) is 68.8 Å². The maximum Gasteiger partial charge on any atom is 0.404 e.